The van der Waals surface area contributed by atoms with Crippen LogP contribution >= 0.6 is 0 Å². The number of pyridine rings is 1. The molecule has 0 unspecified atom stereocenters. The molecule has 0 spiro atoms. The van der Waals surface area contributed by atoms with Crippen LogP contribution in [-0.4, -0.2) is 18.3 Å². The number of aromatic nitrogens is 1. The molecule has 0 saturated carbocycles. The van der Waals surface area contributed by atoms with Gasteiger partial charge in [0.1, 0.15) is 11.8 Å². The van der Waals surface area contributed by atoms with Gasteiger partial charge in [0.05, 0.1) is 7.11 Å². The second-order valence-electron chi connectivity index (χ2n) is 2.93. The number of hydrogen-bond donors (Lipinski definition) is 0. The maximum absolute atomic E-state index is 8.46. The molecule has 0 fully saturated rings. The zero-order chi connectivity index (χ0) is 12.0. The molecule has 0 atom stereocenters. The second-order valence-corrected chi connectivity index (χ2v) is 2.93. The molecule has 0 aliphatic carbocycles. The smallest absolute Gasteiger partial charge is 0.212 e. The van der Waals surface area contributed by atoms with E-state index < -0.39 is 0 Å². The van der Waals surface area contributed by atoms with Crippen molar-refractivity contribution >= 4 is 11.8 Å². The molecular formula is C12H11N3O. The average Bonchev–Trinajstić information content (AvgIpc) is 2.35. The number of ether oxygens (including phenoxy) is 1. The van der Waals surface area contributed by atoms with E-state index in [0.29, 0.717) is 11.5 Å². The number of hydrogen-bond acceptors (Lipinski definition) is 4. The van der Waals surface area contributed by atoms with Crippen LogP contribution in [0.3, 0.4) is 0 Å². The summed E-state index contributed by atoms with van der Waals surface area (Å²) in [6, 6.07) is 5.37. The van der Waals surface area contributed by atoms with E-state index >= 15 is 0 Å². The minimum absolute atomic E-state index is 0.141. The largest absolute Gasteiger partial charge is 0.481 e. The number of rotatable bonds is 4. The van der Waals surface area contributed by atoms with Crippen molar-refractivity contribution in [3.63, 3.8) is 0 Å². The summed E-state index contributed by atoms with van der Waals surface area (Å²) in [4.78, 5) is 7.86. The summed E-state index contributed by atoms with van der Waals surface area (Å²) in [5.41, 5.74) is 1.62. The van der Waals surface area contributed by atoms with Crippen LogP contribution in [0.4, 0.5) is 0 Å². The highest BCUT2D eigenvalue weighted by Gasteiger charge is 1.97. The first-order valence-corrected chi connectivity index (χ1v) is 4.49. The molecule has 0 aliphatic heterocycles. The second kappa shape index (κ2) is 5.47. The van der Waals surface area contributed by atoms with Crippen molar-refractivity contribution in [3.8, 4) is 11.9 Å². The Hall–Kier alpha value is -2.41. The van der Waals surface area contributed by atoms with Crippen LogP contribution in [-0.2, 0) is 0 Å². The van der Waals surface area contributed by atoms with E-state index in [4.69, 9.17) is 10.00 Å². The Morgan fingerprint density at radius 3 is 2.81 bits per heavy atom. The zero-order valence-electron chi connectivity index (χ0n) is 8.97. The van der Waals surface area contributed by atoms with Crippen molar-refractivity contribution in [2.45, 2.75) is 0 Å². The van der Waals surface area contributed by atoms with Crippen LogP contribution in [0, 0.1) is 11.3 Å². The van der Waals surface area contributed by atoms with Gasteiger partial charge in [-0.05, 0) is 11.6 Å². The van der Waals surface area contributed by atoms with Crippen LogP contribution in [0.2, 0.25) is 0 Å². The third-order valence-electron chi connectivity index (χ3n) is 1.82. The van der Waals surface area contributed by atoms with Crippen molar-refractivity contribution < 1.29 is 4.74 Å². The molecule has 4 nitrogen and oxygen atoms in total. The predicted molar refractivity (Wildman–Crippen MR) is 63.1 cm³/mol. The van der Waals surface area contributed by atoms with Crippen molar-refractivity contribution in [3.05, 3.63) is 42.7 Å². The Morgan fingerprint density at radius 1 is 1.56 bits per heavy atom. The number of nitriles is 1. The van der Waals surface area contributed by atoms with Gasteiger partial charge in [-0.1, -0.05) is 13.2 Å². The monoisotopic (exact) mass is 213 g/mol. The lowest BCUT2D eigenvalue weighted by molar-refractivity contribution is 0.398. The Balaban J connectivity index is 2.78. The summed E-state index contributed by atoms with van der Waals surface area (Å²) in [7, 11) is 1.55. The Bertz CT molecular complexity index is 466. The molecule has 0 amide bonds. The van der Waals surface area contributed by atoms with E-state index in [1.54, 1.807) is 19.4 Å². The average molecular weight is 213 g/mol. The molecule has 1 heterocycles. The zero-order valence-corrected chi connectivity index (χ0v) is 8.97. The first-order valence-electron chi connectivity index (χ1n) is 4.49. The van der Waals surface area contributed by atoms with Crippen LogP contribution in [0.5, 0.6) is 5.88 Å². The number of allylic oxidation sites excluding steroid dienone is 2. The van der Waals surface area contributed by atoms with Gasteiger partial charge in [0.2, 0.25) is 5.88 Å². The summed E-state index contributed by atoms with van der Waals surface area (Å²) < 4.78 is 4.93. The quantitative estimate of drug-likeness (QED) is 0.569. The van der Waals surface area contributed by atoms with Crippen LogP contribution < -0.4 is 4.74 Å². The molecule has 0 saturated heterocycles. The van der Waals surface area contributed by atoms with Gasteiger partial charge in [-0.2, -0.15) is 5.26 Å². The highest BCUT2D eigenvalue weighted by atomic mass is 16.5. The molecule has 1 aromatic rings. The minimum Gasteiger partial charge on any atom is -0.481 e. The van der Waals surface area contributed by atoms with Gasteiger partial charge in [0.15, 0.2) is 0 Å². The van der Waals surface area contributed by atoms with Gasteiger partial charge in [-0.15, -0.1) is 0 Å². The van der Waals surface area contributed by atoms with E-state index in [1.165, 1.54) is 6.21 Å². The fraction of sp³-hybridized carbons (Fsp3) is 0.0833. The molecule has 1 rings (SSSR count). The van der Waals surface area contributed by atoms with E-state index in [-0.39, 0.29) is 5.70 Å². The maximum atomic E-state index is 8.46. The lowest BCUT2D eigenvalue weighted by atomic mass is 10.1. The van der Waals surface area contributed by atoms with E-state index in [2.05, 4.69) is 23.1 Å². The van der Waals surface area contributed by atoms with Crippen molar-refractivity contribution in [2.24, 2.45) is 4.99 Å². The first-order chi connectivity index (χ1) is 7.67. The fourth-order valence-electron chi connectivity index (χ4n) is 0.950. The van der Waals surface area contributed by atoms with Gasteiger partial charge in [-0.25, -0.2) is 9.98 Å². The lowest BCUT2D eigenvalue weighted by Crippen LogP contribution is -1.90. The van der Waals surface area contributed by atoms with Gasteiger partial charge in [0.25, 0.3) is 0 Å². The Kier molecular flexibility index (Phi) is 3.98. The fourth-order valence-corrected chi connectivity index (χ4v) is 0.950. The van der Waals surface area contributed by atoms with Gasteiger partial charge in [0, 0.05) is 24.0 Å². The molecule has 4 heteroatoms. The highest BCUT2D eigenvalue weighted by Crippen LogP contribution is 2.13. The third kappa shape index (κ3) is 3.07. The molecule has 0 aliphatic rings. The summed E-state index contributed by atoms with van der Waals surface area (Å²) in [6.07, 6.45) is 3.11. The summed E-state index contributed by atoms with van der Waals surface area (Å²) in [5.74, 6) is 0.537. The van der Waals surface area contributed by atoms with Crippen molar-refractivity contribution in [2.75, 3.05) is 7.11 Å². The van der Waals surface area contributed by atoms with Gasteiger partial charge >= 0.3 is 0 Å². The third-order valence-corrected chi connectivity index (χ3v) is 1.82. The van der Waals surface area contributed by atoms with Crippen LogP contribution in [0.25, 0.3) is 5.57 Å². The summed E-state index contributed by atoms with van der Waals surface area (Å²) >= 11 is 0. The SMILES string of the molecule is C=C(C#N)N=CC(=C)c1ccc(OC)nc1. The van der Waals surface area contributed by atoms with E-state index in [1.807, 2.05) is 12.1 Å². The molecule has 0 bridgehead atoms. The molecule has 80 valence electrons. The number of aliphatic imine (C=N–C) groups is 1. The van der Waals surface area contributed by atoms with Gasteiger partial charge in [-0.3, -0.25) is 0 Å². The lowest BCUT2D eigenvalue weighted by Gasteiger charge is -2.01. The molecule has 0 N–H and O–H groups in total. The number of nitrogens with zero attached hydrogens (tertiary/aromatic N) is 3. The normalized spacial score (nSPS) is 9.75. The summed E-state index contributed by atoms with van der Waals surface area (Å²) in [6.45, 7) is 7.24. The molecular weight excluding hydrogens is 202 g/mol. The highest BCUT2D eigenvalue weighted by molar-refractivity contribution is 6.09. The van der Waals surface area contributed by atoms with Gasteiger partial charge < -0.3 is 4.74 Å². The minimum atomic E-state index is 0.141. The molecule has 0 aromatic carbocycles. The Labute approximate surface area is 94.2 Å². The maximum Gasteiger partial charge on any atom is 0.212 e. The topological polar surface area (TPSA) is 58.3 Å². The number of methoxy groups -OCH3 is 1. The standard InChI is InChI=1S/C12H11N3O/c1-9(7-14-10(2)6-13)11-4-5-12(16-3)15-8-11/h4-5,7-8H,1-2H2,3H3. The van der Waals surface area contributed by atoms with Crippen molar-refractivity contribution in [1.29, 1.82) is 5.26 Å². The van der Waals surface area contributed by atoms with Crippen LogP contribution in [0.15, 0.2) is 42.2 Å². The van der Waals surface area contributed by atoms with E-state index in [9.17, 15) is 0 Å². The predicted octanol–water partition coefficient (Wildman–Crippen LogP) is 2.21. The van der Waals surface area contributed by atoms with Crippen molar-refractivity contribution in [1.82, 2.24) is 4.98 Å². The summed E-state index contributed by atoms with van der Waals surface area (Å²) in [5, 5.41) is 8.46. The molecule has 0 radical (unpaired) electrons. The van der Waals surface area contributed by atoms with Crippen LogP contribution in [0.1, 0.15) is 5.56 Å². The first kappa shape index (κ1) is 11.7. The van der Waals surface area contributed by atoms with E-state index in [0.717, 1.165) is 5.56 Å². The molecule has 16 heavy (non-hydrogen) atoms. The Morgan fingerprint density at radius 2 is 2.31 bits per heavy atom. The molecule has 1 aromatic heterocycles.